The molecule has 0 bridgehead atoms. The van der Waals surface area contributed by atoms with Crippen LogP contribution in [0, 0.1) is 10.1 Å². The Morgan fingerprint density at radius 3 is 2.83 bits per heavy atom. The Labute approximate surface area is 102 Å². The van der Waals surface area contributed by atoms with Gasteiger partial charge in [0.15, 0.2) is 0 Å². The van der Waals surface area contributed by atoms with Gasteiger partial charge in [0.05, 0.1) is 24.7 Å². The number of amides is 1. The van der Waals surface area contributed by atoms with Crippen molar-refractivity contribution in [1.29, 1.82) is 0 Å². The number of nitro benzene ring substituents is 1. The maximum atomic E-state index is 11.2. The number of nitro groups is 1. The van der Waals surface area contributed by atoms with Crippen LogP contribution in [0.4, 0.5) is 16.2 Å². The molecule has 0 aliphatic heterocycles. The lowest BCUT2D eigenvalue weighted by Gasteiger charge is -2.07. The third-order valence-corrected chi connectivity index (χ3v) is 1.96. The molecule has 0 radical (unpaired) electrons. The van der Waals surface area contributed by atoms with Gasteiger partial charge in [-0.25, -0.2) is 4.79 Å². The van der Waals surface area contributed by atoms with Crippen molar-refractivity contribution in [3.05, 3.63) is 28.3 Å². The normalized spacial score (nSPS) is 9.67. The van der Waals surface area contributed by atoms with Gasteiger partial charge in [0.25, 0.3) is 5.69 Å². The summed E-state index contributed by atoms with van der Waals surface area (Å²) in [5.74, 6) is 0.302. The number of ether oxygens (including phenoxy) is 2. The average Bonchev–Trinajstić information content (AvgIpc) is 2.36. The first-order valence-electron chi connectivity index (χ1n) is 4.95. The molecule has 0 unspecified atom stereocenters. The molecule has 0 fully saturated rings. The lowest BCUT2D eigenvalue weighted by Crippen LogP contribution is -2.16. The summed E-state index contributed by atoms with van der Waals surface area (Å²) in [6.07, 6.45) is -0.877. The molecular formula is C10H12N2O6. The monoisotopic (exact) mass is 256 g/mol. The molecule has 0 aliphatic carbocycles. The third-order valence-electron chi connectivity index (χ3n) is 1.96. The number of hydrogen-bond acceptors (Lipinski definition) is 6. The summed E-state index contributed by atoms with van der Waals surface area (Å²) >= 11 is 0. The van der Waals surface area contributed by atoms with Crippen molar-refractivity contribution in [2.24, 2.45) is 0 Å². The zero-order valence-corrected chi connectivity index (χ0v) is 9.58. The minimum absolute atomic E-state index is 0.0104. The Hall–Kier alpha value is -2.35. The van der Waals surface area contributed by atoms with E-state index in [1.165, 1.54) is 25.3 Å². The van der Waals surface area contributed by atoms with Crippen molar-refractivity contribution in [2.75, 3.05) is 25.6 Å². The summed E-state index contributed by atoms with van der Waals surface area (Å²) in [5.41, 5.74) is -0.320. The van der Waals surface area contributed by atoms with Crippen LogP contribution in [0.25, 0.3) is 0 Å². The van der Waals surface area contributed by atoms with Gasteiger partial charge in [-0.2, -0.15) is 0 Å². The van der Waals surface area contributed by atoms with Gasteiger partial charge < -0.3 is 14.6 Å². The second-order valence-electron chi connectivity index (χ2n) is 3.12. The molecule has 18 heavy (non-hydrogen) atoms. The number of methoxy groups -OCH3 is 1. The summed E-state index contributed by atoms with van der Waals surface area (Å²) in [6, 6.07) is 3.98. The first-order chi connectivity index (χ1) is 8.58. The van der Waals surface area contributed by atoms with Crippen LogP contribution >= 0.6 is 0 Å². The number of nitrogens with zero attached hydrogens (tertiary/aromatic N) is 1. The van der Waals surface area contributed by atoms with E-state index in [1.807, 2.05) is 0 Å². The van der Waals surface area contributed by atoms with Gasteiger partial charge in [0, 0.05) is 0 Å². The zero-order valence-electron chi connectivity index (χ0n) is 9.58. The van der Waals surface area contributed by atoms with Crippen LogP contribution < -0.4 is 10.1 Å². The number of hydrogen-bond donors (Lipinski definition) is 2. The van der Waals surface area contributed by atoms with E-state index in [0.717, 1.165) is 0 Å². The Bertz CT molecular complexity index is 448. The van der Waals surface area contributed by atoms with Crippen molar-refractivity contribution < 1.29 is 24.3 Å². The number of carbonyl (C=O) groups excluding carboxylic acids is 1. The fourth-order valence-corrected chi connectivity index (χ4v) is 1.18. The second kappa shape index (κ2) is 6.40. The van der Waals surface area contributed by atoms with Crippen molar-refractivity contribution in [2.45, 2.75) is 0 Å². The molecule has 98 valence electrons. The first-order valence-corrected chi connectivity index (χ1v) is 4.95. The highest BCUT2D eigenvalue weighted by molar-refractivity contribution is 5.88. The molecule has 0 saturated heterocycles. The largest absolute Gasteiger partial charge is 0.496 e. The lowest BCUT2D eigenvalue weighted by molar-refractivity contribution is -0.384. The summed E-state index contributed by atoms with van der Waals surface area (Å²) in [4.78, 5) is 21.4. The second-order valence-corrected chi connectivity index (χ2v) is 3.12. The molecule has 1 amide bonds. The fraction of sp³-hybridized carbons (Fsp3) is 0.300. The number of benzene rings is 1. The molecule has 1 aromatic carbocycles. The highest BCUT2D eigenvalue weighted by atomic mass is 16.6. The number of rotatable bonds is 5. The molecular weight excluding hydrogens is 244 g/mol. The molecule has 8 heteroatoms. The number of aliphatic hydroxyl groups excluding tert-OH is 1. The number of nitrogens with one attached hydrogen (secondary N) is 1. The van der Waals surface area contributed by atoms with E-state index in [0.29, 0.717) is 5.75 Å². The molecule has 1 rings (SSSR count). The van der Waals surface area contributed by atoms with Crippen molar-refractivity contribution in [3.63, 3.8) is 0 Å². The van der Waals surface area contributed by atoms with Crippen LogP contribution in [-0.2, 0) is 4.74 Å². The minimum Gasteiger partial charge on any atom is -0.496 e. The van der Waals surface area contributed by atoms with Gasteiger partial charge in [-0.3, -0.25) is 15.4 Å². The molecule has 0 atom stereocenters. The first kappa shape index (κ1) is 13.7. The van der Waals surface area contributed by atoms with Crippen LogP contribution in [0.2, 0.25) is 0 Å². The van der Waals surface area contributed by atoms with Crippen molar-refractivity contribution >= 4 is 17.5 Å². The summed E-state index contributed by atoms with van der Waals surface area (Å²) in [5, 5.41) is 21.5. The predicted molar refractivity (Wildman–Crippen MR) is 61.7 cm³/mol. The maximum absolute atomic E-state index is 11.2. The molecule has 0 spiro atoms. The zero-order chi connectivity index (χ0) is 13.5. The fourth-order valence-electron chi connectivity index (χ4n) is 1.18. The third kappa shape index (κ3) is 3.59. The highest BCUT2D eigenvalue weighted by Gasteiger charge is 2.17. The molecule has 1 aromatic rings. The van der Waals surface area contributed by atoms with E-state index in [2.05, 4.69) is 10.1 Å². The Kier molecular flexibility index (Phi) is 4.88. The van der Waals surface area contributed by atoms with Crippen LogP contribution in [0.15, 0.2) is 18.2 Å². The number of carbonyl (C=O) groups is 1. The van der Waals surface area contributed by atoms with Gasteiger partial charge in [-0.15, -0.1) is 0 Å². The van der Waals surface area contributed by atoms with E-state index >= 15 is 0 Å². The molecule has 0 aliphatic rings. The van der Waals surface area contributed by atoms with Crippen LogP contribution in [0.1, 0.15) is 0 Å². The van der Waals surface area contributed by atoms with E-state index < -0.39 is 11.0 Å². The molecule has 8 nitrogen and oxygen atoms in total. The van der Waals surface area contributed by atoms with Gasteiger partial charge in [-0.05, 0) is 12.1 Å². The van der Waals surface area contributed by atoms with E-state index in [4.69, 9.17) is 9.84 Å². The lowest BCUT2D eigenvalue weighted by atomic mass is 10.2. The van der Waals surface area contributed by atoms with Gasteiger partial charge in [0.2, 0.25) is 0 Å². The van der Waals surface area contributed by atoms with Gasteiger partial charge >= 0.3 is 6.09 Å². The Balaban J connectivity index is 2.87. The van der Waals surface area contributed by atoms with Crippen molar-refractivity contribution in [1.82, 2.24) is 0 Å². The van der Waals surface area contributed by atoms with E-state index in [9.17, 15) is 14.9 Å². The maximum Gasteiger partial charge on any atom is 0.411 e. The van der Waals surface area contributed by atoms with Crippen LogP contribution in [-0.4, -0.2) is 36.4 Å². The summed E-state index contributed by atoms with van der Waals surface area (Å²) < 4.78 is 9.38. The van der Waals surface area contributed by atoms with Crippen LogP contribution in [0.5, 0.6) is 5.75 Å². The topological polar surface area (TPSA) is 111 Å². The predicted octanol–water partition coefficient (Wildman–Crippen LogP) is 1.14. The molecule has 0 heterocycles. The minimum atomic E-state index is -0.877. The summed E-state index contributed by atoms with van der Waals surface area (Å²) in [6.45, 7) is -0.506. The van der Waals surface area contributed by atoms with Crippen molar-refractivity contribution in [3.8, 4) is 5.75 Å². The van der Waals surface area contributed by atoms with Gasteiger partial charge in [-0.1, -0.05) is 0 Å². The highest BCUT2D eigenvalue weighted by Crippen LogP contribution is 2.28. The SMILES string of the molecule is COc1ccc(NC(=O)OCCO)c([N+](=O)[O-])c1. The Morgan fingerprint density at radius 1 is 1.56 bits per heavy atom. The quantitative estimate of drug-likeness (QED) is 0.603. The molecule has 2 N–H and O–H groups in total. The van der Waals surface area contributed by atoms with Gasteiger partial charge in [0.1, 0.15) is 18.0 Å². The molecule has 0 saturated carbocycles. The van der Waals surface area contributed by atoms with E-state index in [-0.39, 0.29) is 24.6 Å². The number of aliphatic hydroxyl groups is 1. The molecule has 0 aromatic heterocycles. The summed E-state index contributed by atoms with van der Waals surface area (Å²) in [7, 11) is 1.38. The average molecular weight is 256 g/mol. The Morgan fingerprint density at radius 2 is 2.28 bits per heavy atom. The van der Waals surface area contributed by atoms with E-state index in [1.54, 1.807) is 0 Å². The smallest absolute Gasteiger partial charge is 0.411 e. The standard InChI is InChI=1S/C10H12N2O6/c1-17-7-2-3-8(9(6-7)12(15)16)11-10(14)18-5-4-13/h2-3,6,13H,4-5H2,1H3,(H,11,14). The van der Waals surface area contributed by atoms with Crippen LogP contribution in [0.3, 0.4) is 0 Å². The number of anilines is 1.